The highest BCUT2D eigenvalue weighted by Crippen LogP contribution is 2.16. The molecule has 1 aromatic carbocycles. The van der Waals surface area contributed by atoms with Crippen molar-refractivity contribution in [2.45, 2.75) is 6.92 Å². The highest BCUT2D eigenvalue weighted by Gasteiger charge is 2.08. The Morgan fingerprint density at radius 1 is 0.955 bits per heavy atom. The lowest BCUT2D eigenvalue weighted by molar-refractivity contribution is -0.150. The Hall–Kier alpha value is -2.83. The summed E-state index contributed by atoms with van der Waals surface area (Å²) in [5.41, 5.74) is 0. The van der Waals surface area contributed by atoms with Gasteiger partial charge in [0.2, 0.25) is 0 Å². The summed E-state index contributed by atoms with van der Waals surface area (Å²) in [6.45, 7) is 1.27. The quantitative estimate of drug-likeness (QED) is 0.425. The Bertz CT molecular complexity index is 546. The van der Waals surface area contributed by atoms with Gasteiger partial charge in [-0.25, -0.2) is 14.4 Å². The Kier molecular flexibility index (Phi) is 7.18. The Morgan fingerprint density at radius 3 is 2.05 bits per heavy atom. The van der Waals surface area contributed by atoms with Crippen LogP contribution in [0.25, 0.3) is 0 Å². The highest BCUT2D eigenvalue weighted by atomic mass is 16.6. The maximum atomic E-state index is 11.5. The standard InChI is InChI=1S/C15H16O7/c1-3-20-13(16)8-9-14(17)21-10-15(18)22-12-6-4-11(19-2)5-7-12/h4-9H,3,10H2,1-2H3/b9-8+. The van der Waals surface area contributed by atoms with Gasteiger partial charge in [-0.1, -0.05) is 0 Å². The number of hydrogen-bond donors (Lipinski definition) is 0. The summed E-state index contributed by atoms with van der Waals surface area (Å²) in [5, 5.41) is 0. The van der Waals surface area contributed by atoms with Gasteiger partial charge in [0.15, 0.2) is 6.61 Å². The molecular formula is C15H16O7. The van der Waals surface area contributed by atoms with Crippen LogP contribution < -0.4 is 9.47 Å². The molecule has 0 aromatic heterocycles. The van der Waals surface area contributed by atoms with Gasteiger partial charge < -0.3 is 18.9 Å². The lowest BCUT2D eigenvalue weighted by atomic mass is 10.3. The molecule has 0 N–H and O–H groups in total. The minimum absolute atomic E-state index is 0.201. The van der Waals surface area contributed by atoms with E-state index in [1.165, 1.54) is 7.11 Å². The first-order valence-electron chi connectivity index (χ1n) is 6.41. The molecule has 0 aliphatic rings. The van der Waals surface area contributed by atoms with E-state index in [0.29, 0.717) is 11.5 Å². The van der Waals surface area contributed by atoms with Crippen molar-refractivity contribution >= 4 is 17.9 Å². The van der Waals surface area contributed by atoms with Crippen molar-refractivity contribution in [3.05, 3.63) is 36.4 Å². The largest absolute Gasteiger partial charge is 0.497 e. The molecule has 0 atom stereocenters. The number of benzene rings is 1. The Morgan fingerprint density at radius 2 is 1.50 bits per heavy atom. The maximum absolute atomic E-state index is 11.5. The monoisotopic (exact) mass is 308 g/mol. The average Bonchev–Trinajstić information content (AvgIpc) is 2.52. The second-order valence-electron chi connectivity index (χ2n) is 3.84. The zero-order valence-electron chi connectivity index (χ0n) is 12.2. The molecular weight excluding hydrogens is 292 g/mol. The molecule has 0 aliphatic carbocycles. The molecule has 0 spiro atoms. The molecule has 0 heterocycles. The van der Waals surface area contributed by atoms with Gasteiger partial charge in [0.25, 0.3) is 0 Å². The molecule has 7 heteroatoms. The van der Waals surface area contributed by atoms with Crippen LogP contribution in [-0.4, -0.2) is 38.2 Å². The smallest absolute Gasteiger partial charge is 0.349 e. The van der Waals surface area contributed by atoms with Crippen LogP contribution in [-0.2, 0) is 23.9 Å². The molecule has 0 unspecified atom stereocenters. The summed E-state index contributed by atoms with van der Waals surface area (Å²) in [4.78, 5) is 33.7. The summed E-state index contributed by atoms with van der Waals surface area (Å²) >= 11 is 0. The van der Waals surface area contributed by atoms with Crippen LogP contribution in [0.3, 0.4) is 0 Å². The zero-order valence-corrected chi connectivity index (χ0v) is 12.2. The van der Waals surface area contributed by atoms with Gasteiger partial charge in [0.05, 0.1) is 13.7 Å². The van der Waals surface area contributed by atoms with E-state index in [2.05, 4.69) is 9.47 Å². The molecule has 118 valence electrons. The van der Waals surface area contributed by atoms with Gasteiger partial charge in [0, 0.05) is 12.2 Å². The van der Waals surface area contributed by atoms with Gasteiger partial charge in [-0.3, -0.25) is 0 Å². The molecule has 0 saturated carbocycles. The average molecular weight is 308 g/mol. The number of rotatable bonds is 7. The molecule has 1 aromatic rings. The minimum Gasteiger partial charge on any atom is -0.497 e. The Balaban J connectivity index is 2.35. The van der Waals surface area contributed by atoms with E-state index in [0.717, 1.165) is 12.2 Å². The fraction of sp³-hybridized carbons (Fsp3) is 0.267. The van der Waals surface area contributed by atoms with Crippen LogP contribution in [0, 0.1) is 0 Å². The van der Waals surface area contributed by atoms with Gasteiger partial charge in [-0.15, -0.1) is 0 Å². The summed E-state index contributed by atoms with van der Waals surface area (Å²) in [7, 11) is 1.52. The Labute approximate surface area is 127 Å². The van der Waals surface area contributed by atoms with E-state index < -0.39 is 24.5 Å². The summed E-state index contributed by atoms with van der Waals surface area (Å²) < 4.78 is 19.1. The van der Waals surface area contributed by atoms with Crippen LogP contribution in [0.2, 0.25) is 0 Å². The minimum atomic E-state index is -0.847. The summed E-state index contributed by atoms with van der Waals surface area (Å²) in [6.07, 6.45) is 1.79. The topological polar surface area (TPSA) is 88.1 Å². The number of methoxy groups -OCH3 is 1. The number of carbonyl (C=O) groups is 3. The predicted molar refractivity (Wildman–Crippen MR) is 75.4 cm³/mol. The number of ether oxygens (including phenoxy) is 4. The number of esters is 3. The fourth-order valence-electron chi connectivity index (χ4n) is 1.31. The first kappa shape index (κ1) is 17.2. The summed E-state index contributed by atoms with van der Waals surface area (Å²) in [6, 6.07) is 6.33. The van der Waals surface area contributed by atoms with Crippen LogP contribution >= 0.6 is 0 Å². The van der Waals surface area contributed by atoms with Crippen molar-refractivity contribution in [2.75, 3.05) is 20.3 Å². The second-order valence-corrected chi connectivity index (χ2v) is 3.84. The van der Waals surface area contributed by atoms with E-state index in [4.69, 9.17) is 9.47 Å². The predicted octanol–water partition coefficient (Wildman–Crippen LogP) is 1.26. The van der Waals surface area contributed by atoms with Crippen LogP contribution in [0.4, 0.5) is 0 Å². The van der Waals surface area contributed by atoms with Crippen molar-refractivity contribution in [3.63, 3.8) is 0 Å². The van der Waals surface area contributed by atoms with Crippen molar-refractivity contribution in [2.24, 2.45) is 0 Å². The lowest BCUT2D eigenvalue weighted by Gasteiger charge is -2.05. The number of hydrogen-bond acceptors (Lipinski definition) is 7. The second kappa shape index (κ2) is 9.17. The van der Waals surface area contributed by atoms with E-state index >= 15 is 0 Å². The molecule has 0 radical (unpaired) electrons. The maximum Gasteiger partial charge on any atom is 0.349 e. The van der Waals surface area contributed by atoms with E-state index in [9.17, 15) is 14.4 Å². The normalized spacial score (nSPS) is 10.1. The van der Waals surface area contributed by atoms with E-state index in [-0.39, 0.29) is 6.61 Å². The summed E-state index contributed by atoms with van der Waals surface area (Å²) in [5.74, 6) is -1.35. The van der Waals surface area contributed by atoms with Crippen LogP contribution in [0.5, 0.6) is 11.5 Å². The highest BCUT2D eigenvalue weighted by molar-refractivity contribution is 5.92. The van der Waals surface area contributed by atoms with Crippen molar-refractivity contribution in [3.8, 4) is 11.5 Å². The van der Waals surface area contributed by atoms with E-state index in [1.807, 2.05) is 0 Å². The molecule has 0 fully saturated rings. The van der Waals surface area contributed by atoms with Crippen LogP contribution in [0.1, 0.15) is 6.92 Å². The van der Waals surface area contributed by atoms with Crippen LogP contribution in [0.15, 0.2) is 36.4 Å². The first-order chi connectivity index (χ1) is 10.5. The molecule has 1 rings (SSSR count). The number of carbonyl (C=O) groups excluding carboxylic acids is 3. The molecule has 7 nitrogen and oxygen atoms in total. The van der Waals surface area contributed by atoms with Gasteiger partial charge in [0.1, 0.15) is 11.5 Å². The lowest BCUT2D eigenvalue weighted by Crippen LogP contribution is -2.18. The molecule has 0 aliphatic heterocycles. The molecule has 0 amide bonds. The van der Waals surface area contributed by atoms with Crippen molar-refractivity contribution < 1.29 is 33.3 Å². The van der Waals surface area contributed by atoms with Gasteiger partial charge in [-0.2, -0.15) is 0 Å². The van der Waals surface area contributed by atoms with E-state index in [1.54, 1.807) is 31.2 Å². The molecule has 0 saturated heterocycles. The molecule has 0 bridgehead atoms. The zero-order chi connectivity index (χ0) is 16.4. The van der Waals surface area contributed by atoms with Gasteiger partial charge >= 0.3 is 17.9 Å². The van der Waals surface area contributed by atoms with Crippen molar-refractivity contribution in [1.82, 2.24) is 0 Å². The fourth-order valence-corrected chi connectivity index (χ4v) is 1.31. The molecule has 22 heavy (non-hydrogen) atoms. The first-order valence-corrected chi connectivity index (χ1v) is 6.41. The van der Waals surface area contributed by atoms with Gasteiger partial charge in [-0.05, 0) is 31.2 Å². The third kappa shape index (κ3) is 6.56. The van der Waals surface area contributed by atoms with Crippen molar-refractivity contribution in [1.29, 1.82) is 0 Å². The third-order valence-electron chi connectivity index (χ3n) is 2.27. The SMILES string of the molecule is CCOC(=O)/C=C/C(=O)OCC(=O)Oc1ccc(OC)cc1. The third-order valence-corrected chi connectivity index (χ3v) is 2.27.